The molecule has 1 rings (SSSR count). The summed E-state index contributed by atoms with van der Waals surface area (Å²) in [6.45, 7) is 0. The van der Waals surface area contributed by atoms with Crippen molar-refractivity contribution in [2.24, 2.45) is 0 Å². The lowest BCUT2D eigenvalue weighted by molar-refractivity contribution is -0.139. The molecule has 0 saturated heterocycles. The summed E-state index contributed by atoms with van der Waals surface area (Å²) in [4.78, 5) is 13.1. The van der Waals surface area contributed by atoms with Gasteiger partial charge in [-0.3, -0.25) is 4.79 Å². The molecule has 0 amide bonds. The molecule has 0 bridgehead atoms. The van der Waals surface area contributed by atoms with Gasteiger partial charge >= 0.3 is 6.18 Å². The van der Waals surface area contributed by atoms with Crippen LogP contribution in [0.5, 0.6) is 0 Å². The molecule has 0 N–H and O–H groups in total. The summed E-state index contributed by atoms with van der Waals surface area (Å²) in [5.74, 6) is 0. The molecule has 0 saturated carbocycles. The number of carbonyl (C=O) groups excluding carboxylic acids is 1. The monoisotopic (exact) mass is 225 g/mol. The normalized spacial score (nSPS) is 11.9. The van der Waals surface area contributed by atoms with Gasteiger partial charge < -0.3 is 0 Å². The van der Waals surface area contributed by atoms with Gasteiger partial charge in [-0.2, -0.15) is 13.2 Å². The Labute approximate surface area is 80.7 Å². The number of hydrogen-bond donors (Lipinski definition) is 0. The minimum absolute atomic E-state index is 0.103. The number of carbonyl (C=O) groups is 1. The molecule has 0 aromatic carbocycles. The van der Waals surface area contributed by atoms with E-state index in [1.165, 1.54) is 0 Å². The van der Waals surface area contributed by atoms with E-state index < -0.39 is 29.6 Å². The van der Waals surface area contributed by atoms with E-state index in [-0.39, 0.29) is 6.29 Å². The number of nitrogens with zero attached hydrogens (tertiary/aromatic N) is 1. The molecule has 2 nitrogen and oxygen atoms in total. The second-order valence-corrected chi connectivity index (χ2v) is 2.59. The highest BCUT2D eigenvalue weighted by Crippen LogP contribution is 2.35. The smallest absolute Gasteiger partial charge is 0.296 e. The van der Waals surface area contributed by atoms with Crippen LogP contribution in [-0.2, 0) is 6.18 Å². The molecule has 1 aromatic rings. The van der Waals surface area contributed by atoms with Gasteiger partial charge in [0.15, 0.2) is 6.29 Å². The molecule has 0 aliphatic rings. The van der Waals surface area contributed by atoms with E-state index >= 15 is 0 Å². The highest BCUT2D eigenvalue weighted by atomic mass is 19.4. The van der Waals surface area contributed by atoms with Gasteiger partial charge in [-0.15, -0.1) is 0 Å². The van der Waals surface area contributed by atoms with Crippen LogP contribution in [0.15, 0.2) is 12.1 Å². The van der Waals surface area contributed by atoms with Crippen molar-refractivity contribution in [2.75, 3.05) is 0 Å². The Balaban J connectivity index is 3.34. The SMILES string of the molecule is O=Cc1ccc(C(F)(F)F)c(C(F)F)n1. The standard InChI is InChI=1S/C8H4F5NO/c9-7(10)6-5(8(11,12)13)2-1-4(3-15)14-6/h1-3,7H. The summed E-state index contributed by atoms with van der Waals surface area (Å²) >= 11 is 0. The summed E-state index contributed by atoms with van der Waals surface area (Å²) in [6, 6.07) is 1.15. The number of hydrogen-bond acceptors (Lipinski definition) is 2. The highest BCUT2D eigenvalue weighted by Gasteiger charge is 2.36. The van der Waals surface area contributed by atoms with E-state index in [0.717, 1.165) is 6.07 Å². The second-order valence-electron chi connectivity index (χ2n) is 2.59. The van der Waals surface area contributed by atoms with Gasteiger partial charge in [0.05, 0.1) is 5.56 Å². The third-order valence-corrected chi connectivity index (χ3v) is 1.58. The zero-order valence-corrected chi connectivity index (χ0v) is 7.05. The van der Waals surface area contributed by atoms with Crippen LogP contribution < -0.4 is 0 Å². The maximum atomic E-state index is 12.2. The fourth-order valence-corrected chi connectivity index (χ4v) is 0.962. The van der Waals surface area contributed by atoms with Crippen molar-refractivity contribution in [1.29, 1.82) is 0 Å². The van der Waals surface area contributed by atoms with Crippen molar-refractivity contribution in [2.45, 2.75) is 12.6 Å². The van der Waals surface area contributed by atoms with Crippen LogP contribution >= 0.6 is 0 Å². The van der Waals surface area contributed by atoms with Gasteiger partial charge in [-0.1, -0.05) is 0 Å². The van der Waals surface area contributed by atoms with E-state index in [1.807, 2.05) is 0 Å². The zero-order chi connectivity index (χ0) is 11.6. The summed E-state index contributed by atoms with van der Waals surface area (Å²) in [5.41, 5.74) is -3.41. The van der Waals surface area contributed by atoms with Crippen molar-refractivity contribution in [3.8, 4) is 0 Å². The number of alkyl halides is 5. The maximum Gasteiger partial charge on any atom is 0.418 e. The number of rotatable bonds is 2. The molecule has 15 heavy (non-hydrogen) atoms. The fourth-order valence-electron chi connectivity index (χ4n) is 0.962. The molecule has 82 valence electrons. The molecule has 0 aliphatic carbocycles. The molecule has 7 heteroatoms. The van der Waals surface area contributed by atoms with E-state index in [1.54, 1.807) is 0 Å². The van der Waals surface area contributed by atoms with Crippen molar-refractivity contribution in [1.82, 2.24) is 4.98 Å². The van der Waals surface area contributed by atoms with Crippen molar-refractivity contribution in [3.63, 3.8) is 0 Å². The molecular formula is C8H4F5NO. The first-order chi connectivity index (χ1) is 6.86. The molecule has 1 heterocycles. The lowest BCUT2D eigenvalue weighted by atomic mass is 10.1. The van der Waals surface area contributed by atoms with E-state index in [4.69, 9.17) is 0 Å². The maximum absolute atomic E-state index is 12.2. The van der Waals surface area contributed by atoms with Gasteiger partial charge in [0.2, 0.25) is 0 Å². The van der Waals surface area contributed by atoms with Gasteiger partial charge in [0, 0.05) is 0 Å². The predicted octanol–water partition coefficient (Wildman–Crippen LogP) is 2.85. The molecular weight excluding hydrogens is 221 g/mol. The fraction of sp³-hybridized carbons (Fsp3) is 0.250. The van der Waals surface area contributed by atoms with E-state index in [9.17, 15) is 26.7 Å². The summed E-state index contributed by atoms with van der Waals surface area (Å²) < 4.78 is 60.9. The molecule has 0 radical (unpaired) electrons. The quantitative estimate of drug-likeness (QED) is 0.572. The number of halogens is 5. The third kappa shape index (κ3) is 2.48. The zero-order valence-electron chi connectivity index (χ0n) is 7.05. The van der Waals surface area contributed by atoms with Crippen LogP contribution in [0.3, 0.4) is 0 Å². The average molecular weight is 225 g/mol. The van der Waals surface area contributed by atoms with Gasteiger partial charge in [-0.05, 0) is 12.1 Å². The van der Waals surface area contributed by atoms with Gasteiger partial charge in [-0.25, -0.2) is 13.8 Å². The molecule has 0 atom stereocenters. The van der Waals surface area contributed by atoms with Crippen LogP contribution in [0.4, 0.5) is 22.0 Å². The molecule has 0 spiro atoms. The molecule has 0 fully saturated rings. The number of aldehydes is 1. The number of aromatic nitrogens is 1. The lowest BCUT2D eigenvalue weighted by Crippen LogP contribution is -2.12. The van der Waals surface area contributed by atoms with E-state index in [0.29, 0.717) is 6.07 Å². The first-order valence-electron chi connectivity index (χ1n) is 3.67. The highest BCUT2D eigenvalue weighted by molar-refractivity contribution is 5.71. The van der Waals surface area contributed by atoms with E-state index in [2.05, 4.69) is 4.98 Å². The number of pyridine rings is 1. The Hall–Kier alpha value is -1.53. The predicted molar refractivity (Wildman–Crippen MR) is 39.6 cm³/mol. The van der Waals surface area contributed by atoms with Crippen molar-refractivity contribution < 1.29 is 26.7 Å². The Morgan fingerprint density at radius 2 is 1.87 bits per heavy atom. The van der Waals surface area contributed by atoms with Crippen LogP contribution in [0.1, 0.15) is 28.2 Å². The van der Waals surface area contributed by atoms with Crippen LogP contribution in [0.2, 0.25) is 0 Å². The van der Waals surface area contributed by atoms with Gasteiger partial charge in [0.1, 0.15) is 11.4 Å². The second kappa shape index (κ2) is 3.92. The minimum atomic E-state index is -4.90. The summed E-state index contributed by atoms with van der Waals surface area (Å²) in [7, 11) is 0. The van der Waals surface area contributed by atoms with Gasteiger partial charge in [0.25, 0.3) is 6.43 Å². The lowest BCUT2D eigenvalue weighted by Gasteiger charge is -2.11. The Morgan fingerprint density at radius 3 is 2.27 bits per heavy atom. The van der Waals surface area contributed by atoms with Crippen LogP contribution in [-0.4, -0.2) is 11.3 Å². The Bertz CT molecular complexity index is 374. The minimum Gasteiger partial charge on any atom is -0.296 e. The summed E-state index contributed by atoms with van der Waals surface area (Å²) in [5, 5.41) is 0. The molecule has 1 aromatic heterocycles. The molecule has 0 aliphatic heterocycles. The molecule has 0 unspecified atom stereocenters. The summed E-state index contributed by atoms with van der Waals surface area (Å²) in [6.07, 6.45) is -8.17. The van der Waals surface area contributed by atoms with Crippen molar-refractivity contribution in [3.05, 3.63) is 29.1 Å². The third-order valence-electron chi connectivity index (χ3n) is 1.58. The van der Waals surface area contributed by atoms with Crippen LogP contribution in [0, 0.1) is 0 Å². The topological polar surface area (TPSA) is 30.0 Å². The van der Waals surface area contributed by atoms with Crippen molar-refractivity contribution >= 4 is 6.29 Å². The first-order valence-corrected chi connectivity index (χ1v) is 3.67. The Morgan fingerprint density at radius 1 is 1.27 bits per heavy atom. The van der Waals surface area contributed by atoms with Crippen LogP contribution in [0.25, 0.3) is 0 Å². The largest absolute Gasteiger partial charge is 0.418 e. The first kappa shape index (κ1) is 11.5. The average Bonchev–Trinajstić information content (AvgIpc) is 2.15. The Kier molecular flexibility index (Phi) is 3.01.